The Hall–Kier alpha value is -3.98. The SMILES string of the molecule is c1ccc2c(-c3ccc4c(n3)oc3ccc(-c5nccc6c5CCCC6)cc34)cccc2c1. The fourth-order valence-corrected chi connectivity index (χ4v) is 5.31. The third-order valence-electron chi connectivity index (χ3n) is 6.95. The van der Waals surface area contributed by atoms with Crippen molar-refractivity contribution in [1.82, 2.24) is 9.97 Å². The molecule has 3 heteroatoms. The molecule has 0 amide bonds. The van der Waals surface area contributed by atoms with E-state index in [9.17, 15) is 0 Å². The van der Waals surface area contributed by atoms with Crippen molar-refractivity contribution in [3.63, 3.8) is 0 Å². The molecule has 1 aliphatic carbocycles. The predicted molar refractivity (Wildman–Crippen MR) is 134 cm³/mol. The normalized spacial score (nSPS) is 13.6. The van der Waals surface area contributed by atoms with Crippen LogP contribution in [0, 0.1) is 0 Å². The van der Waals surface area contributed by atoms with Crippen molar-refractivity contribution in [3.8, 4) is 22.5 Å². The highest BCUT2D eigenvalue weighted by Gasteiger charge is 2.17. The first-order chi connectivity index (χ1) is 16.3. The van der Waals surface area contributed by atoms with Crippen LogP contribution in [0.5, 0.6) is 0 Å². The van der Waals surface area contributed by atoms with E-state index in [2.05, 4.69) is 78.9 Å². The highest BCUT2D eigenvalue weighted by atomic mass is 16.3. The molecule has 0 spiro atoms. The maximum absolute atomic E-state index is 6.20. The van der Waals surface area contributed by atoms with Gasteiger partial charge in [0.25, 0.3) is 0 Å². The van der Waals surface area contributed by atoms with Gasteiger partial charge in [-0.3, -0.25) is 4.98 Å². The summed E-state index contributed by atoms with van der Waals surface area (Å²) in [6.45, 7) is 0. The molecule has 0 atom stereocenters. The van der Waals surface area contributed by atoms with E-state index in [0.717, 1.165) is 51.7 Å². The number of aromatic nitrogens is 2. The molecule has 0 N–H and O–H groups in total. The second-order valence-electron chi connectivity index (χ2n) is 8.89. The average Bonchev–Trinajstić information content (AvgIpc) is 3.25. The van der Waals surface area contributed by atoms with Gasteiger partial charge in [-0.25, -0.2) is 4.98 Å². The van der Waals surface area contributed by atoms with Crippen LogP contribution in [-0.2, 0) is 12.8 Å². The Labute approximate surface area is 191 Å². The van der Waals surface area contributed by atoms with E-state index < -0.39 is 0 Å². The Bertz CT molecular complexity index is 1670. The number of pyridine rings is 2. The van der Waals surface area contributed by atoms with Gasteiger partial charge in [0.05, 0.1) is 11.4 Å². The molecule has 0 radical (unpaired) electrons. The molecule has 158 valence electrons. The van der Waals surface area contributed by atoms with E-state index >= 15 is 0 Å². The summed E-state index contributed by atoms with van der Waals surface area (Å²) >= 11 is 0. The van der Waals surface area contributed by atoms with Crippen molar-refractivity contribution in [2.24, 2.45) is 0 Å². The number of hydrogen-bond acceptors (Lipinski definition) is 3. The molecule has 7 rings (SSSR count). The smallest absolute Gasteiger partial charge is 0.227 e. The maximum atomic E-state index is 6.20. The fourth-order valence-electron chi connectivity index (χ4n) is 5.31. The van der Waals surface area contributed by atoms with E-state index in [1.165, 1.54) is 34.7 Å². The molecule has 3 aromatic carbocycles. The number of nitrogens with zero attached hydrogens (tertiary/aromatic N) is 2. The zero-order valence-electron chi connectivity index (χ0n) is 18.2. The summed E-state index contributed by atoms with van der Waals surface area (Å²) in [4.78, 5) is 9.69. The Morgan fingerprint density at radius 3 is 2.64 bits per heavy atom. The zero-order valence-corrected chi connectivity index (χ0v) is 18.2. The first kappa shape index (κ1) is 18.6. The molecule has 6 aromatic rings. The Kier molecular flexibility index (Phi) is 4.10. The minimum Gasteiger partial charge on any atom is -0.438 e. The zero-order chi connectivity index (χ0) is 21.8. The van der Waals surface area contributed by atoms with E-state index in [-0.39, 0.29) is 0 Å². The standard InChI is InChI=1S/C30H22N2O/c1-3-9-22-19(6-1)8-5-11-24(22)27-14-13-25-26-18-21(12-15-28(26)33-30(25)32-27)29-23-10-4-2-7-20(23)16-17-31-29/h1,3,5-6,8-9,11-18H,2,4,7,10H2. The minimum atomic E-state index is 0.677. The third kappa shape index (κ3) is 2.96. The lowest BCUT2D eigenvalue weighted by Crippen LogP contribution is -2.05. The van der Waals surface area contributed by atoms with Crippen molar-refractivity contribution in [1.29, 1.82) is 0 Å². The number of hydrogen-bond donors (Lipinski definition) is 0. The van der Waals surface area contributed by atoms with Gasteiger partial charge in [-0.15, -0.1) is 0 Å². The summed E-state index contributed by atoms with van der Waals surface area (Å²) in [5, 5.41) is 4.55. The minimum absolute atomic E-state index is 0.677. The first-order valence-electron chi connectivity index (χ1n) is 11.6. The van der Waals surface area contributed by atoms with E-state index in [0.29, 0.717) is 5.71 Å². The van der Waals surface area contributed by atoms with E-state index in [1.54, 1.807) is 0 Å². The fraction of sp³-hybridized carbons (Fsp3) is 0.133. The van der Waals surface area contributed by atoms with Crippen molar-refractivity contribution in [2.75, 3.05) is 0 Å². The molecular weight excluding hydrogens is 404 g/mol. The number of rotatable bonds is 2. The van der Waals surface area contributed by atoms with E-state index in [4.69, 9.17) is 14.4 Å². The molecule has 3 aromatic heterocycles. The first-order valence-corrected chi connectivity index (χ1v) is 11.6. The lowest BCUT2D eigenvalue weighted by atomic mass is 9.89. The van der Waals surface area contributed by atoms with E-state index in [1.807, 2.05) is 6.20 Å². The van der Waals surface area contributed by atoms with Gasteiger partial charge < -0.3 is 4.42 Å². The van der Waals surface area contributed by atoms with Crippen LogP contribution in [-0.4, -0.2) is 9.97 Å². The molecule has 3 heterocycles. The van der Waals surface area contributed by atoms with Crippen molar-refractivity contribution >= 4 is 32.8 Å². The molecule has 3 nitrogen and oxygen atoms in total. The van der Waals surface area contributed by atoms with Gasteiger partial charge in [-0.05, 0) is 84.0 Å². The molecule has 0 bridgehead atoms. The largest absolute Gasteiger partial charge is 0.438 e. The summed E-state index contributed by atoms with van der Waals surface area (Å²) in [5.74, 6) is 0. The summed E-state index contributed by atoms with van der Waals surface area (Å²) in [6.07, 6.45) is 6.73. The predicted octanol–water partition coefficient (Wildman–Crippen LogP) is 7.74. The van der Waals surface area contributed by atoms with Crippen molar-refractivity contribution in [2.45, 2.75) is 25.7 Å². The van der Waals surface area contributed by atoms with Crippen LogP contribution in [0.4, 0.5) is 0 Å². The quantitative estimate of drug-likeness (QED) is 0.284. The van der Waals surface area contributed by atoms with Gasteiger partial charge in [-0.2, -0.15) is 0 Å². The van der Waals surface area contributed by atoms with Crippen LogP contribution in [0.15, 0.2) is 89.5 Å². The van der Waals surface area contributed by atoms with Gasteiger partial charge in [-0.1, -0.05) is 42.5 Å². The second kappa shape index (κ2) is 7.28. The summed E-state index contributed by atoms with van der Waals surface area (Å²) < 4.78 is 6.20. The van der Waals surface area contributed by atoms with Crippen LogP contribution < -0.4 is 0 Å². The Morgan fingerprint density at radius 1 is 0.727 bits per heavy atom. The summed E-state index contributed by atoms with van der Waals surface area (Å²) in [6, 6.07) is 27.6. The van der Waals surface area contributed by atoms with Gasteiger partial charge in [0.2, 0.25) is 5.71 Å². The molecule has 33 heavy (non-hydrogen) atoms. The third-order valence-corrected chi connectivity index (χ3v) is 6.95. The Morgan fingerprint density at radius 2 is 1.64 bits per heavy atom. The number of aryl methyl sites for hydroxylation is 1. The summed E-state index contributed by atoms with van der Waals surface area (Å²) in [5.41, 5.74) is 8.72. The average molecular weight is 427 g/mol. The lowest BCUT2D eigenvalue weighted by molar-refractivity contribution is 0.654. The van der Waals surface area contributed by atoms with Crippen LogP contribution >= 0.6 is 0 Å². The van der Waals surface area contributed by atoms with Crippen LogP contribution in [0.1, 0.15) is 24.0 Å². The highest BCUT2D eigenvalue weighted by Crippen LogP contribution is 2.36. The molecule has 0 aliphatic heterocycles. The number of fused-ring (bicyclic) bond motifs is 5. The molecule has 0 fully saturated rings. The van der Waals surface area contributed by atoms with Gasteiger partial charge in [0.15, 0.2) is 0 Å². The summed E-state index contributed by atoms with van der Waals surface area (Å²) in [7, 11) is 0. The van der Waals surface area contributed by atoms with Crippen LogP contribution in [0.2, 0.25) is 0 Å². The molecular formula is C30H22N2O. The Balaban J connectivity index is 1.38. The van der Waals surface area contributed by atoms with Crippen LogP contribution in [0.25, 0.3) is 55.4 Å². The number of benzene rings is 3. The molecule has 0 saturated carbocycles. The second-order valence-corrected chi connectivity index (χ2v) is 8.89. The van der Waals surface area contributed by atoms with Crippen molar-refractivity contribution < 1.29 is 4.42 Å². The lowest BCUT2D eigenvalue weighted by Gasteiger charge is -2.18. The van der Waals surface area contributed by atoms with Crippen molar-refractivity contribution in [3.05, 3.63) is 96.2 Å². The van der Waals surface area contributed by atoms with Gasteiger partial charge in [0, 0.05) is 28.1 Å². The van der Waals surface area contributed by atoms with Gasteiger partial charge >= 0.3 is 0 Å². The number of furan rings is 1. The van der Waals surface area contributed by atoms with Crippen LogP contribution in [0.3, 0.4) is 0 Å². The monoisotopic (exact) mass is 426 g/mol. The highest BCUT2D eigenvalue weighted by molar-refractivity contribution is 6.06. The molecule has 1 aliphatic rings. The topological polar surface area (TPSA) is 38.9 Å². The molecule has 0 unspecified atom stereocenters. The maximum Gasteiger partial charge on any atom is 0.227 e. The van der Waals surface area contributed by atoms with Gasteiger partial charge in [0.1, 0.15) is 5.58 Å². The molecule has 0 saturated heterocycles.